The molecule has 0 spiro atoms. The van der Waals surface area contributed by atoms with Gasteiger partial charge in [-0.05, 0) is 62.5 Å². The summed E-state index contributed by atoms with van der Waals surface area (Å²) in [6.07, 6.45) is 4.94. The van der Waals surface area contributed by atoms with Crippen molar-refractivity contribution in [2.75, 3.05) is 31.1 Å². The molecule has 132 valence electrons. The van der Waals surface area contributed by atoms with Crippen molar-refractivity contribution >= 4 is 23.1 Å². The number of nitrogens with zero attached hydrogens (tertiary/aromatic N) is 3. The fraction of sp³-hybridized carbons (Fsp3) is 0.500. The first-order chi connectivity index (χ1) is 12.3. The Morgan fingerprint density at radius 2 is 2.12 bits per heavy atom. The van der Waals surface area contributed by atoms with Gasteiger partial charge in [-0.1, -0.05) is 0 Å². The summed E-state index contributed by atoms with van der Waals surface area (Å²) in [5.74, 6) is 1.53. The minimum Gasteiger partial charge on any atom is -0.353 e. The van der Waals surface area contributed by atoms with E-state index in [1.54, 1.807) is 17.5 Å². The molecule has 4 heterocycles. The van der Waals surface area contributed by atoms with Gasteiger partial charge in [0.2, 0.25) is 0 Å². The Bertz CT molecular complexity index is 713. The number of rotatable bonds is 4. The Balaban J connectivity index is 1.34. The van der Waals surface area contributed by atoms with Gasteiger partial charge in [-0.15, -0.1) is 16.4 Å². The molecule has 6 nitrogen and oxygen atoms in total. The largest absolute Gasteiger partial charge is 0.353 e. The van der Waals surface area contributed by atoms with Gasteiger partial charge in [0.15, 0.2) is 5.82 Å². The van der Waals surface area contributed by atoms with E-state index >= 15 is 0 Å². The van der Waals surface area contributed by atoms with E-state index in [-0.39, 0.29) is 11.9 Å². The van der Waals surface area contributed by atoms with E-state index in [1.807, 2.05) is 18.2 Å². The molecule has 25 heavy (non-hydrogen) atoms. The summed E-state index contributed by atoms with van der Waals surface area (Å²) in [7, 11) is 0. The average molecular weight is 357 g/mol. The van der Waals surface area contributed by atoms with Crippen molar-refractivity contribution in [1.82, 2.24) is 20.8 Å². The molecule has 1 atom stereocenters. The van der Waals surface area contributed by atoms with Crippen LogP contribution in [0.5, 0.6) is 0 Å². The van der Waals surface area contributed by atoms with Crippen LogP contribution >= 0.6 is 11.3 Å². The highest BCUT2D eigenvalue weighted by molar-refractivity contribution is 7.14. The maximum atomic E-state index is 12.6. The van der Waals surface area contributed by atoms with Gasteiger partial charge in [0.1, 0.15) is 0 Å². The van der Waals surface area contributed by atoms with Crippen molar-refractivity contribution in [2.45, 2.75) is 31.2 Å². The highest BCUT2D eigenvalue weighted by Gasteiger charge is 2.26. The summed E-state index contributed by atoms with van der Waals surface area (Å²) in [5, 5.41) is 14.6. The first kappa shape index (κ1) is 16.5. The fourth-order valence-corrected chi connectivity index (χ4v) is 4.69. The Kier molecular flexibility index (Phi) is 4.94. The van der Waals surface area contributed by atoms with Crippen molar-refractivity contribution in [1.29, 1.82) is 0 Å². The average Bonchev–Trinajstić information content (AvgIpc) is 3.33. The predicted molar refractivity (Wildman–Crippen MR) is 99.3 cm³/mol. The second kappa shape index (κ2) is 7.49. The van der Waals surface area contributed by atoms with Gasteiger partial charge in [-0.25, -0.2) is 0 Å². The molecule has 0 radical (unpaired) electrons. The topological polar surface area (TPSA) is 70.2 Å². The Morgan fingerprint density at radius 3 is 2.92 bits per heavy atom. The third kappa shape index (κ3) is 3.82. The van der Waals surface area contributed by atoms with Crippen LogP contribution < -0.4 is 15.5 Å². The van der Waals surface area contributed by atoms with Crippen molar-refractivity contribution in [3.05, 3.63) is 40.2 Å². The summed E-state index contributed by atoms with van der Waals surface area (Å²) < 4.78 is 0. The van der Waals surface area contributed by atoms with Gasteiger partial charge >= 0.3 is 0 Å². The summed E-state index contributed by atoms with van der Waals surface area (Å²) in [6, 6.07) is 8.13. The van der Waals surface area contributed by atoms with E-state index in [0.717, 1.165) is 56.1 Å². The van der Waals surface area contributed by atoms with E-state index in [4.69, 9.17) is 0 Å². The van der Waals surface area contributed by atoms with E-state index in [0.29, 0.717) is 5.92 Å². The first-order valence-electron chi connectivity index (χ1n) is 8.93. The first-order valence-corrected chi connectivity index (χ1v) is 9.75. The maximum absolute atomic E-state index is 12.6. The lowest BCUT2D eigenvalue weighted by atomic mass is 9.97. The highest BCUT2D eigenvalue weighted by atomic mass is 32.1. The third-order valence-electron chi connectivity index (χ3n) is 5.00. The lowest BCUT2D eigenvalue weighted by Crippen LogP contribution is -2.36. The molecule has 2 N–H and O–H groups in total. The number of piperidine rings is 1. The molecule has 2 saturated heterocycles. The van der Waals surface area contributed by atoms with Crippen LogP contribution in [-0.2, 0) is 0 Å². The quantitative estimate of drug-likeness (QED) is 0.876. The highest BCUT2D eigenvalue weighted by Crippen LogP contribution is 2.31. The standard InChI is InChI=1S/C18H23N5OS/c24-18(16-4-3-15(25-16)13-5-9-19-10-6-13)21-14-7-11-23(12-14)17-2-1-8-20-22-17/h1-4,8,13-14,19H,5-7,9-12H2,(H,21,24)/t14-/m0/s1. The molecule has 0 unspecified atom stereocenters. The van der Waals surface area contributed by atoms with Crippen LogP contribution in [0, 0.1) is 0 Å². The number of hydrogen-bond donors (Lipinski definition) is 2. The van der Waals surface area contributed by atoms with Crippen LogP contribution in [0.25, 0.3) is 0 Å². The SMILES string of the molecule is O=C(N[C@H]1CCN(c2cccnn2)C1)c1ccc(C2CCNCC2)s1. The lowest BCUT2D eigenvalue weighted by Gasteiger charge is -2.21. The number of carbonyl (C=O) groups is 1. The minimum atomic E-state index is 0.0520. The molecule has 4 rings (SSSR count). The molecular weight excluding hydrogens is 334 g/mol. The fourth-order valence-electron chi connectivity index (χ4n) is 3.61. The van der Waals surface area contributed by atoms with E-state index in [9.17, 15) is 4.79 Å². The van der Waals surface area contributed by atoms with Crippen LogP contribution in [0.3, 0.4) is 0 Å². The monoisotopic (exact) mass is 357 g/mol. The zero-order chi connectivity index (χ0) is 17.1. The van der Waals surface area contributed by atoms with Gasteiger partial charge in [0, 0.05) is 30.2 Å². The van der Waals surface area contributed by atoms with Crippen LogP contribution in [0.1, 0.15) is 39.7 Å². The van der Waals surface area contributed by atoms with Crippen LogP contribution in [0.2, 0.25) is 0 Å². The minimum absolute atomic E-state index is 0.0520. The number of nitrogens with one attached hydrogen (secondary N) is 2. The van der Waals surface area contributed by atoms with E-state index in [1.165, 1.54) is 4.88 Å². The van der Waals surface area contributed by atoms with E-state index in [2.05, 4.69) is 31.8 Å². The zero-order valence-corrected chi connectivity index (χ0v) is 15.0. The molecule has 2 aliphatic heterocycles. The number of thiophene rings is 1. The van der Waals surface area contributed by atoms with Crippen LogP contribution in [0.15, 0.2) is 30.5 Å². The lowest BCUT2D eigenvalue weighted by molar-refractivity contribution is 0.0944. The maximum Gasteiger partial charge on any atom is 0.261 e. The molecule has 2 aromatic rings. The number of amides is 1. The number of aromatic nitrogens is 2. The van der Waals surface area contributed by atoms with Gasteiger partial charge in [-0.3, -0.25) is 4.79 Å². The van der Waals surface area contributed by atoms with Gasteiger partial charge < -0.3 is 15.5 Å². The smallest absolute Gasteiger partial charge is 0.261 e. The van der Waals surface area contributed by atoms with Crippen LogP contribution in [-0.4, -0.2) is 48.3 Å². The summed E-state index contributed by atoms with van der Waals surface area (Å²) in [4.78, 5) is 16.9. The second-order valence-corrected chi connectivity index (χ2v) is 7.83. The van der Waals surface area contributed by atoms with Crippen molar-refractivity contribution in [3.8, 4) is 0 Å². The second-order valence-electron chi connectivity index (χ2n) is 6.71. The van der Waals surface area contributed by atoms with Gasteiger partial charge in [0.25, 0.3) is 5.91 Å². The molecule has 0 aliphatic carbocycles. The molecule has 2 aromatic heterocycles. The molecule has 7 heteroatoms. The Labute approximate surface area is 151 Å². The Hall–Kier alpha value is -1.99. The molecule has 0 aromatic carbocycles. The zero-order valence-electron chi connectivity index (χ0n) is 14.1. The van der Waals surface area contributed by atoms with Crippen molar-refractivity contribution in [3.63, 3.8) is 0 Å². The van der Waals surface area contributed by atoms with Crippen LogP contribution in [0.4, 0.5) is 5.82 Å². The molecule has 2 aliphatic rings. The number of hydrogen-bond acceptors (Lipinski definition) is 6. The van der Waals surface area contributed by atoms with Crippen molar-refractivity contribution < 1.29 is 4.79 Å². The Morgan fingerprint density at radius 1 is 1.24 bits per heavy atom. The predicted octanol–water partition coefficient (Wildman–Crippen LogP) is 2.01. The molecular formula is C18H23N5OS. The molecule has 2 fully saturated rings. The molecule has 1 amide bonds. The summed E-state index contributed by atoms with van der Waals surface area (Å²) >= 11 is 1.65. The molecule has 0 saturated carbocycles. The summed E-state index contributed by atoms with van der Waals surface area (Å²) in [6.45, 7) is 3.83. The van der Waals surface area contributed by atoms with Gasteiger partial charge in [0.05, 0.1) is 4.88 Å². The third-order valence-corrected chi connectivity index (χ3v) is 6.24. The number of anilines is 1. The van der Waals surface area contributed by atoms with Crippen molar-refractivity contribution in [2.24, 2.45) is 0 Å². The molecule has 0 bridgehead atoms. The normalized spacial score (nSPS) is 21.4. The number of carbonyl (C=O) groups excluding carboxylic acids is 1. The summed E-state index contributed by atoms with van der Waals surface area (Å²) in [5.41, 5.74) is 0. The van der Waals surface area contributed by atoms with E-state index < -0.39 is 0 Å². The van der Waals surface area contributed by atoms with Gasteiger partial charge in [-0.2, -0.15) is 5.10 Å².